The molecule has 2 aromatic rings. The summed E-state index contributed by atoms with van der Waals surface area (Å²) in [7, 11) is -3.99. The second-order valence-corrected chi connectivity index (χ2v) is 10.9. The maximum absolute atomic E-state index is 13.2. The number of amides is 1. The van der Waals surface area contributed by atoms with Crippen LogP contribution in [0.15, 0.2) is 47.4 Å². The Balaban J connectivity index is 1.71. The number of aromatic nitrogens is 1. The molecule has 3 heterocycles. The van der Waals surface area contributed by atoms with Gasteiger partial charge in [-0.15, -0.1) is 0 Å². The molecule has 2 unspecified atom stereocenters. The number of pyridine rings is 1. The fourth-order valence-electron chi connectivity index (χ4n) is 4.44. The molecule has 4 rings (SSSR count). The fourth-order valence-corrected chi connectivity index (χ4v) is 5.43. The Kier molecular flexibility index (Phi) is 6.27. The van der Waals surface area contributed by atoms with Crippen molar-refractivity contribution >= 4 is 21.7 Å². The first kappa shape index (κ1) is 22.7. The maximum Gasteiger partial charge on any atom is 0.268 e. The molecule has 8 heteroatoms. The summed E-state index contributed by atoms with van der Waals surface area (Å²) >= 11 is 0. The summed E-state index contributed by atoms with van der Waals surface area (Å²) in [4.78, 5) is 20.3. The van der Waals surface area contributed by atoms with Gasteiger partial charge >= 0.3 is 0 Å². The van der Waals surface area contributed by atoms with E-state index in [1.807, 2.05) is 0 Å². The van der Waals surface area contributed by atoms with Gasteiger partial charge in [0.1, 0.15) is 5.82 Å². The van der Waals surface area contributed by atoms with Crippen LogP contribution in [0.3, 0.4) is 0 Å². The summed E-state index contributed by atoms with van der Waals surface area (Å²) in [6, 6.07) is 11.4. The highest BCUT2D eigenvalue weighted by molar-refractivity contribution is 7.90. The van der Waals surface area contributed by atoms with E-state index in [-0.39, 0.29) is 22.1 Å². The van der Waals surface area contributed by atoms with E-state index in [0.29, 0.717) is 18.3 Å². The zero-order chi connectivity index (χ0) is 22.9. The molecule has 1 aromatic heterocycles. The lowest BCUT2D eigenvalue weighted by atomic mass is 9.90. The highest BCUT2D eigenvalue weighted by Crippen LogP contribution is 2.39. The first-order chi connectivity index (χ1) is 15.2. The van der Waals surface area contributed by atoms with Crippen molar-refractivity contribution in [2.75, 3.05) is 18.1 Å². The maximum atomic E-state index is 13.2. The highest BCUT2D eigenvalue weighted by atomic mass is 32.2. The summed E-state index contributed by atoms with van der Waals surface area (Å²) in [5, 5.41) is 0. The van der Waals surface area contributed by atoms with E-state index in [1.54, 1.807) is 30.3 Å². The predicted molar refractivity (Wildman–Crippen MR) is 123 cm³/mol. The quantitative estimate of drug-likeness (QED) is 0.728. The molecule has 2 aliphatic heterocycles. The summed E-state index contributed by atoms with van der Waals surface area (Å²) in [6.07, 6.45) is 3.88. The van der Waals surface area contributed by atoms with Crippen molar-refractivity contribution in [3.8, 4) is 0 Å². The fraction of sp³-hybridized carbons (Fsp3) is 0.500. The molecular weight excluding hydrogens is 426 g/mol. The number of benzene rings is 1. The Morgan fingerprint density at radius 3 is 2.50 bits per heavy atom. The normalized spacial score (nSPS) is 23.2. The number of anilines is 1. The van der Waals surface area contributed by atoms with Crippen molar-refractivity contribution in [3.63, 3.8) is 0 Å². The monoisotopic (exact) mass is 457 g/mol. The number of hydrogen-bond donors (Lipinski definition) is 1. The lowest BCUT2D eigenvalue weighted by Crippen LogP contribution is -2.44. The minimum Gasteiger partial charge on any atom is -0.372 e. The molecule has 0 spiro atoms. The number of carbonyl (C=O) groups is 1. The molecule has 0 radical (unpaired) electrons. The third-order valence-corrected chi connectivity index (χ3v) is 8.22. The lowest BCUT2D eigenvalue weighted by Gasteiger charge is -2.37. The average Bonchev–Trinajstić information content (AvgIpc) is 3.06. The third kappa shape index (κ3) is 4.38. The minimum absolute atomic E-state index is 0.0465. The van der Waals surface area contributed by atoms with Crippen LogP contribution in [0.4, 0.5) is 5.82 Å². The van der Waals surface area contributed by atoms with Crippen LogP contribution in [-0.2, 0) is 14.8 Å². The van der Waals surface area contributed by atoms with E-state index in [2.05, 4.69) is 30.4 Å². The van der Waals surface area contributed by atoms with Gasteiger partial charge in [-0.05, 0) is 69.7 Å². The number of ether oxygens (including phenoxy) is 1. The largest absolute Gasteiger partial charge is 0.372 e. The van der Waals surface area contributed by atoms with Crippen LogP contribution in [0.25, 0.3) is 0 Å². The van der Waals surface area contributed by atoms with Gasteiger partial charge in [0.05, 0.1) is 22.3 Å². The standard InChI is InChI=1S/C24H31N3O4S/c1-17-14-15-27(24(17,2)3)22-19(12-13-20(25-22)21-11-7-8-16-31-21)23(28)26-32(29,30)18-9-5-4-6-10-18/h4-6,9-10,12-13,17,21H,7-8,11,14-16H2,1-3H3,(H,26,28). The molecule has 0 saturated carbocycles. The Hall–Kier alpha value is -2.45. The number of sulfonamides is 1. The summed E-state index contributed by atoms with van der Waals surface area (Å²) in [5.41, 5.74) is 0.829. The van der Waals surface area contributed by atoms with Crippen molar-refractivity contribution in [2.24, 2.45) is 5.92 Å². The van der Waals surface area contributed by atoms with E-state index in [0.717, 1.165) is 37.9 Å². The van der Waals surface area contributed by atoms with Crippen molar-refractivity contribution < 1.29 is 17.9 Å². The number of nitrogens with one attached hydrogen (secondary N) is 1. The molecule has 32 heavy (non-hydrogen) atoms. The van der Waals surface area contributed by atoms with Gasteiger partial charge in [-0.25, -0.2) is 18.1 Å². The van der Waals surface area contributed by atoms with E-state index >= 15 is 0 Å². The van der Waals surface area contributed by atoms with Crippen LogP contribution < -0.4 is 9.62 Å². The van der Waals surface area contributed by atoms with E-state index in [1.165, 1.54) is 12.1 Å². The molecule has 172 valence electrons. The predicted octanol–water partition coefficient (Wildman–Crippen LogP) is 4.07. The first-order valence-corrected chi connectivity index (χ1v) is 12.7. The Morgan fingerprint density at radius 1 is 1.12 bits per heavy atom. The number of hydrogen-bond acceptors (Lipinski definition) is 6. The van der Waals surface area contributed by atoms with Crippen LogP contribution in [0, 0.1) is 5.92 Å². The Bertz CT molecular complexity index is 1080. The number of carbonyl (C=O) groups excluding carboxylic acids is 1. The summed E-state index contributed by atoms with van der Waals surface area (Å²) in [6.45, 7) is 7.91. The van der Waals surface area contributed by atoms with Gasteiger partial charge in [0.15, 0.2) is 0 Å². The zero-order valence-electron chi connectivity index (χ0n) is 18.9. The average molecular weight is 458 g/mol. The van der Waals surface area contributed by atoms with Crippen molar-refractivity contribution in [1.82, 2.24) is 9.71 Å². The third-order valence-electron chi connectivity index (χ3n) is 6.87. The topological polar surface area (TPSA) is 88.6 Å². The highest BCUT2D eigenvalue weighted by Gasteiger charge is 2.41. The van der Waals surface area contributed by atoms with Crippen LogP contribution in [0.5, 0.6) is 0 Å². The smallest absolute Gasteiger partial charge is 0.268 e. The number of nitrogens with zero attached hydrogens (tertiary/aromatic N) is 2. The first-order valence-electron chi connectivity index (χ1n) is 11.2. The molecule has 1 amide bonds. The summed E-state index contributed by atoms with van der Waals surface area (Å²) in [5.74, 6) is 0.248. The van der Waals surface area contributed by atoms with Crippen LogP contribution in [0.1, 0.15) is 68.6 Å². The molecule has 1 aromatic carbocycles. The van der Waals surface area contributed by atoms with Gasteiger partial charge in [0.2, 0.25) is 0 Å². The minimum atomic E-state index is -3.99. The molecule has 1 N–H and O–H groups in total. The zero-order valence-corrected chi connectivity index (χ0v) is 19.7. The van der Waals surface area contributed by atoms with Crippen molar-refractivity contribution in [3.05, 3.63) is 53.7 Å². The van der Waals surface area contributed by atoms with Crippen LogP contribution in [0.2, 0.25) is 0 Å². The molecule has 0 bridgehead atoms. The Labute approximate surface area is 190 Å². The molecule has 2 aliphatic rings. The van der Waals surface area contributed by atoms with Gasteiger partial charge in [-0.2, -0.15) is 0 Å². The Morgan fingerprint density at radius 2 is 1.88 bits per heavy atom. The van der Waals surface area contributed by atoms with E-state index < -0.39 is 15.9 Å². The molecule has 2 atom stereocenters. The van der Waals surface area contributed by atoms with Crippen LogP contribution >= 0.6 is 0 Å². The van der Waals surface area contributed by atoms with Gasteiger partial charge in [0.25, 0.3) is 15.9 Å². The van der Waals surface area contributed by atoms with Crippen molar-refractivity contribution in [2.45, 2.75) is 63.0 Å². The van der Waals surface area contributed by atoms with Gasteiger partial charge in [-0.1, -0.05) is 25.1 Å². The second-order valence-electron chi connectivity index (χ2n) is 9.21. The molecule has 0 aliphatic carbocycles. The van der Waals surface area contributed by atoms with E-state index in [9.17, 15) is 13.2 Å². The molecule has 7 nitrogen and oxygen atoms in total. The summed E-state index contributed by atoms with van der Waals surface area (Å²) < 4.78 is 33.7. The van der Waals surface area contributed by atoms with Gasteiger partial charge in [-0.3, -0.25) is 4.79 Å². The van der Waals surface area contributed by atoms with Gasteiger partial charge < -0.3 is 9.64 Å². The number of rotatable bonds is 5. The molecule has 2 fully saturated rings. The lowest BCUT2D eigenvalue weighted by molar-refractivity contribution is 0.0123. The van der Waals surface area contributed by atoms with Gasteiger partial charge in [0, 0.05) is 18.7 Å². The molecular formula is C24H31N3O4S. The van der Waals surface area contributed by atoms with E-state index in [4.69, 9.17) is 9.72 Å². The second kappa shape index (κ2) is 8.83. The molecule has 2 saturated heterocycles. The SMILES string of the molecule is CC1CCN(c2nc(C3CCCCO3)ccc2C(=O)NS(=O)(=O)c2ccccc2)C1(C)C. The van der Waals surface area contributed by atoms with Crippen molar-refractivity contribution in [1.29, 1.82) is 0 Å². The van der Waals surface area contributed by atoms with Crippen LogP contribution in [-0.4, -0.2) is 38.0 Å².